The molecule has 3 rings (SSSR count). The van der Waals surface area contributed by atoms with Crippen molar-refractivity contribution < 1.29 is 17.9 Å². The van der Waals surface area contributed by atoms with Crippen LogP contribution >= 0.6 is 11.3 Å². The van der Waals surface area contributed by atoms with Gasteiger partial charge in [-0.05, 0) is 31.2 Å². The number of nitrogens with two attached hydrogens (primary N) is 1. The molecule has 0 fully saturated rings. The Morgan fingerprint density at radius 3 is 2.70 bits per heavy atom. The van der Waals surface area contributed by atoms with Crippen LogP contribution in [0.4, 0.5) is 0 Å². The minimum Gasteiger partial charge on any atom is -0.383 e. The first-order valence-corrected chi connectivity index (χ1v) is 10.3. The third kappa shape index (κ3) is 4.00. The van der Waals surface area contributed by atoms with E-state index in [1.165, 1.54) is 23.5 Å². The van der Waals surface area contributed by atoms with E-state index >= 15 is 0 Å². The number of aromatic nitrogens is 3. The summed E-state index contributed by atoms with van der Waals surface area (Å²) in [6, 6.07) is 6.22. The van der Waals surface area contributed by atoms with E-state index in [1.807, 2.05) is 11.5 Å². The molecule has 0 aliphatic heterocycles. The average molecular weight is 409 g/mol. The van der Waals surface area contributed by atoms with E-state index in [2.05, 4.69) is 10.1 Å². The Kier molecular flexibility index (Phi) is 5.29. The van der Waals surface area contributed by atoms with Crippen LogP contribution < -0.4 is 9.94 Å². The summed E-state index contributed by atoms with van der Waals surface area (Å²) in [5, 5.41) is 9.35. The monoisotopic (exact) mass is 409 g/mol. The zero-order valence-electron chi connectivity index (χ0n) is 15.0. The second-order valence-electron chi connectivity index (χ2n) is 5.92. The Morgan fingerprint density at radius 1 is 1.37 bits per heavy atom. The minimum absolute atomic E-state index is 0.00775. The summed E-state index contributed by atoms with van der Waals surface area (Å²) in [6.45, 7) is 2.71. The fourth-order valence-electron chi connectivity index (χ4n) is 2.52. The Labute approximate surface area is 159 Å². The molecule has 0 saturated carbocycles. The number of sulfonamides is 1. The van der Waals surface area contributed by atoms with Gasteiger partial charge in [0, 0.05) is 26.4 Å². The molecular weight excluding hydrogens is 390 g/mol. The Hall–Kier alpha value is -2.34. The fourth-order valence-corrected chi connectivity index (χ4v) is 4.23. The van der Waals surface area contributed by atoms with Gasteiger partial charge in [-0.25, -0.2) is 13.6 Å². The van der Waals surface area contributed by atoms with Gasteiger partial charge in [-0.3, -0.25) is 9.48 Å². The van der Waals surface area contributed by atoms with Crippen molar-refractivity contribution in [2.45, 2.75) is 18.4 Å². The molecule has 0 atom stereocenters. The average Bonchev–Trinajstić information content (AvgIpc) is 3.11. The number of primary sulfonamides is 1. The molecule has 0 spiro atoms. The molecule has 2 aromatic heterocycles. The molecule has 0 radical (unpaired) electrons. The van der Waals surface area contributed by atoms with Crippen molar-refractivity contribution in [3.8, 4) is 0 Å². The molecule has 11 heteroatoms. The highest BCUT2D eigenvalue weighted by atomic mass is 32.2. The van der Waals surface area contributed by atoms with Gasteiger partial charge in [0.1, 0.15) is 0 Å². The lowest BCUT2D eigenvalue weighted by Gasteiger charge is -2.04. The van der Waals surface area contributed by atoms with E-state index in [1.54, 1.807) is 31.0 Å². The van der Waals surface area contributed by atoms with Crippen LogP contribution in [0.3, 0.4) is 0 Å². The lowest BCUT2D eigenvalue weighted by Crippen LogP contribution is -2.19. The van der Waals surface area contributed by atoms with Gasteiger partial charge in [0.25, 0.3) is 5.91 Å². The van der Waals surface area contributed by atoms with Crippen molar-refractivity contribution in [1.82, 2.24) is 14.3 Å². The predicted octanol–water partition coefficient (Wildman–Crippen LogP) is 0.780. The highest BCUT2D eigenvalue weighted by Crippen LogP contribution is 2.21. The first kappa shape index (κ1) is 19.4. The minimum atomic E-state index is -3.82. The molecule has 1 amide bonds. The number of nitrogens with zero attached hydrogens (tertiary/aromatic N) is 4. The number of methoxy groups -OCH3 is 1. The third-order valence-electron chi connectivity index (χ3n) is 4.03. The number of carbonyl (C=O) groups is 1. The fraction of sp³-hybridized carbons (Fsp3) is 0.312. The van der Waals surface area contributed by atoms with Crippen molar-refractivity contribution >= 4 is 37.5 Å². The number of rotatable bonds is 5. The molecule has 3 aromatic rings. The van der Waals surface area contributed by atoms with Crippen molar-refractivity contribution in [3.63, 3.8) is 0 Å². The molecule has 9 nitrogen and oxygen atoms in total. The zero-order chi connectivity index (χ0) is 19.8. The number of thiazole rings is 1. The van der Waals surface area contributed by atoms with Crippen LogP contribution in [0.25, 0.3) is 10.2 Å². The number of benzene rings is 1. The van der Waals surface area contributed by atoms with Crippen LogP contribution in [0.15, 0.2) is 34.2 Å². The van der Waals surface area contributed by atoms with E-state index < -0.39 is 15.9 Å². The lowest BCUT2D eigenvalue weighted by atomic mass is 10.3. The molecule has 2 heterocycles. The largest absolute Gasteiger partial charge is 0.383 e. The second-order valence-corrected chi connectivity index (χ2v) is 8.49. The summed E-state index contributed by atoms with van der Waals surface area (Å²) in [7, 11) is -0.495. The molecule has 0 bridgehead atoms. The van der Waals surface area contributed by atoms with Gasteiger partial charge in [-0.1, -0.05) is 11.3 Å². The predicted molar refractivity (Wildman–Crippen MR) is 101 cm³/mol. The van der Waals surface area contributed by atoms with Gasteiger partial charge in [0.15, 0.2) is 10.5 Å². The molecule has 0 aliphatic rings. The smallest absolute Gasteiger partial charge is 0.300 e. The molecule has 27 heavy (non-hydrogen) atoms. The van der Waals surface area contributed by atoms with E-state index in [9.17, 15) is 13.2 Å². The summed E-state index contributed by atoms with van der Waals surface area (Å²) >= 11 is 1.20. The molecule has 0 unspecified atom stereocenters. The van der Waals surface area contributed by atoms with Crippen LogP contribution in [0.1, 0.15) is 16.2 Å². The van der Waals surface area contributed by atoms with Crippen LogP contribution in [-0.2, 0) is 28.4 Å². The van der Waals surface area contributed by atoms with Crippen molar-refractivity contribution in [1.29, 1.82) is 0 Å². The summed E-state index contributed by atoms with van der Waals surface area (Å²) in [4.78, 5) is 17.1. The number of amides is 1. The van der Waals surface area contributed by atoms with Gasteiger partial charge in [0.05, 0.1) is 21.7 Å². The van der Waals surface area contributed by atoms with E-state index in [0.717, 1.165) is 11.2 Å². The first-order chi connectivity index (χ1) is 12.7. The van der Waals surface area contributed by atoms with Crippen LogP contribution in [0, 0.1) is 6.92 Å². The van der Waals surface area contributed by atoms with E-state index in [4.69, 9.17) is 9.88 Å². The van der Waals surface area contributed by atoms with E-state index in [0.29, 0.717) is 22.7 Å². The SMILES string of the molecule is COCCn1c(=NC(=O)c2cc(C)n(C)n2)sc2cc(S(N)(=O)=O)ccc21. The number of ether oxygens (including phenoxy) is 1. The van der Waals surface area contributed by atoms with E-state index in [-0.39, 0.29) is 10.6 Å². The quantitative estimate of drug-likeness (QED) is 0.667. The van der Waals surface area contributed by atoms with Gasteiger partial charge in [-0.15, -0.1) is 0 Å². The van der Waals surface area contributed by atoms with Gasteiger partial charge < -0.3 is 9.30 Å². The number of aryl methyl sites for hydroxylation is 2. The number of fused-ring (bicyclic) bond motifs is 1. The lowest BCUT2D eigenvalue weighted by molar-refractivity contribution is 0.0992. The summed E-state index contributed by atoms with van der Waals surface area (Å²) in [5.41, 5.74) is 1.83. The topological polar surface area (TPSA) is 122 Å². The number of hydrogen-bond donors (Lipinski definition) is 1. The highest BCUT2D eigenvalue weighted by Gasteiger charge is 2.15. The van der Waals surface area contributed by atoms with Crippen molar-refractivity contribution in [2.75, 3.05) is 13.7 Å². The number of carbonyl (C=O) groups excluding carboxylic acids is 1. The maximum absolute atomic E-state index is 12.5. The molecular formula is C16H19N5O4S2. The maximum atomic E-state index is 12.5. The molecule has 1 aromatic carbocycles. The standard InChI is InChI=1S/C16H19N5O4S2/c1-10-8-12(19-20(10)2)15(22)18-16-21(6-7-25-3)13-5-4-11(27(17,23)24)9-14(13)26-16/h4-5,8-9H,6-7H2,1-3H3,(H2,17,23,24). The molecule has 0 saturated heterocycles. The van der Waals surface area contributed by atoms with Crippen LogP contribution in [0.5, 0.6) is 0 Å². The molecule has 2 N–H and O–H groups in total. The third-order valence-corrected chi connectivity index (χ3v) is 5.98. The van der Waals surface area contributed by atoms with Crippen molar-refractivity contribution in [2.24, 2.45) is 17.2 Å². The summed E-state index contributed by atoms with van der Waals surface area (Å²) in [5.74, 6) is -0.469. The normalized spacial score (nSPS) is 12.8. The maximum Gasteiger partial charge on any atom is 0.300 e. The highest BCUT2D eigenvalue weighted by molar-refractivity contribution is 7.89. The Morgan fingerprint density at radius 2 is 2.11 bits per heavy atom. The first-order valence-electron chi connectivity index (χ1n) is 7.95. The summed E-state index contributed by atoms with van der Waals surface area (Å²) < 4.78 is 32.4. The van der Waals surface area contributed by atoms with Gasteiger partial charge >= 0.3 is 0 Å². The Balaban J connectivity index is 2.16. The summed E-state index contributed by atoms with van der Waals surface area (Å²) in [6.07, 6.45) is 0. The van der Waals surface area contributed by atoms with Crippen LogP contribution in [-0.4, -0.2) is 42.4 Å². The zero-order valence-corrected chi connectivity index (χ0v) is 16.7. The second kappa shape index (κ2) is 7.35. The Bertz CT molecular complexity index is 1170. The molecule has 144 valence electrons. The number of hydrogen-bond acceptors (Lipinski definition) is 6. The van der Waals surface area contributed by atoms with Gasteiger partial charge in [0.2, 0.25) is 10.0 Å². The van der Waals surface area contributed by atoms with Crippen molar-refractivity contribution in [3.05, 3.63) is 40.5 Å². The van der Waals surface area contributed by atoms with Gasteiger partial charge in [-0.2, -0.15) is 10.1 Å². The molecule has 0 aliphatic carbocycles. The van der Waals surface area contributed by atoms with Crippen LogP contribution in [0.2, 0.25) is 0 Å².